The minimum absolute atomic E-state index is 0.00266. The molecule has 0 bridgehead atoms. The van der Waals surface area contributed by atoms with Gasteiger partial charge in [0.1, 0.15) is 5.00 Å². The Labute approximate surface area is 98.4 Å². The second-order valence-electron chi connectivity index (χ2n) is 3.50. The highest BCUT2D eigenvalue weighted by atomic mass is 32.1. The number of carbonyl (C=O) groups is 1. The van der Waals surface area contributed by atoms with E-state index in [1.165, 1.54) is 11.3 Å². The van der Waals surface area contributed by atoms with Crippen LogP contribution in [0.15, 0.2) is 6.20 Å². The molecule has 1 aromatic rings. The number of thiazole rings is 1. The number of anilines is 2. The van der Waals surface area contributed by atoms with E-state index in [1.807, 2.05) is 6.92 Å². The van der Waals surface area contributed by atoms with Crippen molar-refractivity contribution in [2.45, 2.75) is 13.3 Å². The van der Waals surface area contributed by atoms with Crippen molar-refractivity contribution in [1.29, 1.82) is 0 Å². The summed E-state index contributed by atoms with van der Waals surface area (Å²) in [7, 11) is 0. The number of nitrogens with zero attached hydrogens (tertiary/aromatic N) is 2. The number of ether oxygens (including phenoxy) is 1. The summed E-state index contributed by atoms with van der Waals surface area (Å²) in [4.78, 5) is 17.6. The Hall–Kier alpha value is -1.14. The fraction of sp³-hybridized carbons (Fsp3) is 0.600. The summed E-state index contributed by atoms with van der Waals surface area (Å²) in [6, 6.07) is 0. The van der Waals surface area contributed by atoms with E-state index in [9.17, 15) is 4.79 Å². The first-order valence-electron chi connectivity index (χ1n) is 5.38. The van der Waals surface area contributed by atoms with E-state index in [0.717, 1.165) is 31.3 Å². The van der Waals surface area contributed by atoms with Gasteiger partial charge in [0.2, 0.25) is 5.91 Å². The molecule has 1 aliphatic rings. The molecule has 1 saturated heterocycles. The van der Waals surface area contributed by atoms with Gasteiger partial charge in [-0.25, -0.2) is 4.98 Å². The van der Waals surface area contributed by atoms with Crippen LogP contribution in [-0.2, 0) is 9.53 Å². The minimum Gasteiger partial charge on any atom is -0.378 e. The third-order valence-electron chi connectivity index (χ3n) is 2.38. The number of nitrogens with one attached hydrogen (secondary N) is 1. The number of amides is 1. The minimum atomic E-state index is 0.00266. The first kappa shape index (κ1) is 11.3. The number of hydrogen-bond donors (Lipinski definition) is 1. The number of hydrogen-bond acceptors (Lipinski definition) is 5. The summed E-state index contributed by atoms with van der Waals surface area (Å²) in [6.45, 7) is 5.13. The zero-order valence-electron chi connectivity index (χ0n) is 9.23. The average molecular weight is 241 g/mol. The average Bonchev–Trinajstić information content (AvgIpc) is 2.78. The van der Waals surface area contributed by atoms with Crippen LogP contribution in [0.5, 0.6) is 0 Å². The molecular formula is C10H15N3O2S. The van der Waals surface area contributed by atoms with Gasteiger partial charge in [0, 0.05) is 19.5 Å². The molecule has 1 N–H and O–H groups in total. The summed E-state index contributed by atoms with van der Waals surface area (Å²) in [5, 5.41) is 4.53. The molecule has 0 spiro atoms. The summed E-state index contributed by atoms with van der Waals surface area (Å²) in [6.07, 6.45) is 2.29. The monoisotopic (exact) mass is 241 g/mol. The normalized spacial score (nSPS) is 16.2. The summed E-state index contributed by atoms with van der Waals surface area (Å²) in [5.41, 5.74) is 0. The second-order valence-corrected chi connectivity index (χ2v) is 4.51. The van der Waals surface area contributed by atoms with Crippen LogP contribution in [0, 0.1) is 0 Å². The molecular weight excluding hydrogens is 226 g/mol. The lowest BCUT2D eigenvalue weighted by Gasteiger charge is -2.26. The van der Waals surface area contributed by atoms with Gasteiger partial charge in [-0.1, -0.05) is 18.3 Å². The van der Waals surface area contributed by atoms with Gasteiger partial charge in [-0.2, -0.15) is 0 Å². The first-order chi connectivity index (χ1) is 7.79. The van der Waals surface area contributed by atoms with Gasteiger partial charge in [-0.05, 0) is 0 Å². The highest BCUT2D eigenvalue weighted by Gasteiger charge is 2.14. The standard InChI is InChI=1S/C10H15N3O2S/c1-2-8(14)12-10-11-7-9(16-10)13-3-5-15-6-4-13/h7H,2-6H2,1H3,(H,11,12,14). The van der Waals surface area contributed by atoms with E-state index in [-0.39, 0.29) is 5.91 Å². The van der Waals surface area contributed by atoms with Crippen LogP contribution >= 0.6 is 11.3 Å². The van der Waals surface area contributed by atoms with E-state index >= 15 is 0 Å². The van der Waals surface area contributed by atoms with Crippen molar-refractivity contribution in [1.82, 2.24) is 4.98 Å². The summed E-state index contributed by atoms with van der Waals surface area (Å²) in [5.74, 6) is 0.00266. The third kappa shape index (κ3) is 2.70. The number of rotatable bonds is 3. The van der Waals surface area contributed by atoms with Crippen LogP contribution in [0.3, 0.4) is 0 Å². The van der Waals surface area contributed by atoms with Gasteiger partial charge >= 0.3 is 0 Å². The van der Waals surface area contributed by atoms with Gasteiger partial charge in [0.05, 0.1) is 19.4 Å². The topological polar surface area (TPSA) is 54.5 Å². The lowest BCUT2D eigenvalue weighted by molar-refractivity contribution is -0.115. The van der Waals surface area contributed by atoms with Crippen molar-refractivity contribution in [2.24, 2.45) is 0 Å². The van der Waals surface area contributed by atoms with Gasteiger partial charge in [-0.3, -0.25) is 4.79 Å². The molecule has 0 aliphatic carbocycles. The van der Waals surface area contributed by atoms with E-state index < -0.39 is 0 Å². The van der Waals surface area contributed by atoms with Crippen LogP contribution in [0.4, 0.5) is 10.1 Å². The van der Waals surface area contributed by atoms with Crippen LogP contribution in [-0.4, -0.2) is 37.2 Å². The fourth-order valence-corrected chi connectivity index (χ4v) is 2.35. The molecule has 6 heteroatoms. The lowest BCUT2D eigenvalue weighted by atomic mass is 10.4. The molecule has 1 aromatic heterocycles. The summed E-state index contributed by atoms with van der Waals surface area (Å²) >= 11 is 1.51. The lowest BCUT2D eigenvalue weighted by Crippen LogP contribution is -2.35. The van der Waals surface area contributed by atoms with Crippen molar-refractivity contribution < 1.29 is 9.53 Å². The molecule has 1 aliphatic heterocycles. The van der Waals surface area contributed by atoms with Crippen LogP contribution in [0.25, 0.3) is 0 Å². The highest BCUT2D eigenvalue weighted by Crippen LogP contribution is 2.27. The quantitative estimate of drug-likeness (QED) is 0.867. The highest BCUT2D eigenvalue weighted by molar-refractivity contribution is 7.19. The van der Waals surface area contributed by atoms with Crippen molar-refractivity contribution >= 4 is 27.4 Å². The molecule has 0 aromatic carbocycles. The maximum absolute atomic E-state index is 11.2. The Morgan fingerprint density at radius 2 is 2.38 bits per heavy atom. The fourth-order valence-electron chi connectivity index (χ4n) is 1.46. The van der Waals surface area contributed by atoms with Crippen LogP contribution < -0.4 is 10.2 Å². The molecule has 16 heavy (non-hydrogen) atoms. The molecule has 2 heterocycles. The van der Waals surface area contributed by atoms with Gasteiger partial charge < -0.3 is 15.0 Å². The Morgan fingerprint density at radius 1 is 1.62 bits per heavy atom. The smallest absolute Gasteiger partial charge is 0.225 e. The van der Waals surface area contributed by atoms with Crippen molar-refractivity contribution in [2.75, 3.05) is 36.5 Å². The van der Waals surface area contributed by atoms with E-state index in [0.29, 0.717) is 11.6 Å². The molecule has 1 amide bonds. The molecule has 0 saturated carbocycles. The van der Waals surface area contributed by atoms with E-state index in [4.69, 9.17) is 4.74 Å². The zero-order chi connectivity index (χ0) is 11.4. The molecule has 88 valence electrons. The van der Waals surface area contributed by atoms with Gasteiger partial charge in [-0.15, -0.1) is 0 Å². The van der Waals surface area contributed by atoms with E-state index in [2.05, 4.69) is 15.2 Å². The molecule has 0 atom stereocenters. The first-order valence-corrected chi connectivity index (χ1v) is 6.19. The Morgan fingerprint density at radius 3 is 3.06 bits per heavy atom. The second kappa shape index (κ2) is 5.27. The van der Waals surface area contributed by atoms with E-state index in [1.54, 1.807) is 6.20 Å². The van der Waals surface area contributed by atoms with Crippen molar-refractivity contribution in [3.8, 4) is 0 Å². The number of morpholine rings is 1. The van der Waals surface area contributed by atoms with Crippen LogP contribution in [0.2, 0.25) is 0 Å². The molecule has 0 unspecified atom stereocenters. The maximum Gasteiger partial charge on any atom is 0.225 e. The van der Waals surface area contributed by atoms with Crippen molar-refractivity contribution in [3.05, 3.63) is 6.20 Å². The third-order valence-corrected chi connectivity index (χ3v) is 3.36. The predicted molar refractivity (Wildman–Crippen MR) is 64.1 cm³/mol. The number of carbonyl (C=O) groups excluding carboxylic acids is 1. The SMILES string of the molecule is CCC(=O)Nc1ncc(N2CCOCC2)s1. The zero-order valence-corrected chi connectivity index (χ0v) is 10.0. The molecule has 5 nitrogen and oxygen atoms in total. The Bertz CT molecular complexity index is 361. The van der Waals surface area contributed by atoms with Gasteiger partial charge in [0.25, 0.3) is 0 Å². The largest absolute Gasteiger partial charge is 0.378 e. The number of aromatic nitrogens is 1. The maximum atomic E-state index is 11.2. The molecule has 2 rings (SSSR count). The Kier molecular flexibility index (Phi) is 3.74. The summed E-state index contributed by atoms with van der Waals surface area (Å²) < 4.78 is 5.28. The molecule has 0 radical (unpaired) electrons. The molecule has 1 fully saturated rings. The van der Waals surface area contributed by atoms with Crippen LogP contribution in [0.1, 0.15) is 13.3 Å². The van der Waals surface area contributed by atoms with Crippen molar-refractivity contribution in [3.63, 3.8) is 0 Å². The predicted octanol–water partition coefficient (Wildman–Crippen LogP) is 1.33. The van der Waals surface area contributed by atoms with Gasteiger partial charge in [0.15, 0.2) is 5.13 Å². The Balaban J connectivity index is 1.98.